The summed E-state index contributed by atoms with van der Waals surface area (Å²) >= 11 is 19.1. The zero-order valence-electron chi connectivity index (χ0n) is 12.1. The Labute approximate surface area is 154 Å². The largest absolute Gasteiger partial charge is 0.362 e. The van der Waals surface area contributed by atoms with E-state index in [1.54, 1.807) is 30.0 Å². The first kappa shape index (κ1) is 18.3. The number of halogens is 3. The molecule has 2 nitrogen and oxygen atoms in total. The van der Waals surface area contributed by atoms with Crippen LogP contribution in [0.5, 0.6) is 0 Å². The van der Waals surface area contributed by atoms with Crippen LogP contribution in [0, 0.1) is 5.82 Å². The number of thiocarbonyl (C=S) groups is 1. The lowest BCUT2D eigenvalue weighted by Crippen LogP contribution is -2.30. The first-order valence-electron chi connectivity index (χ1n) is 6.88. The van der Waals surface area contributed by atoms with E-state index in [0.717, 1.165) is 17.1 Å². The Kier molecular flexibility index (Phi) is 7.43. The van der Waals surface area contributed by atoms with Crippen molar-refractivity contribution in [1.82, 2.24) is 5.32 Å². The highest BCUT2D eigenvalue weighted by molar-refractivity contribution is 7.98. The fourth-order valence-electron chi connectivity index (χ4n) is 1.81. The van der Waals surface area contributed by atoms with Gasteiger partial charge in [-0.05, 0) is 42.0 Å². The molecule has 2 rings (SSSR count). The number of para-hydroxylation sites is 1. The second kappa shape index (κ2) is 9.33. The predicted molar refractivity (Wildman–Crippen MR) is 103 cm³/mol. The topological polar surface area (TPSA) is 24.1 Å². The summed E-state index contributed by atoms with van der Waals surface area (Å²) in [5, 5.41) is 7.62. The SMILES string of the molecule is Fc1ccccc1NC(=S)NCCSCc1c(Cl)cccc1Cl. The monoisotopic (exact) mass is 388 g/mol. The molecule has 0 aliphatic heterocycles. The minimum Gasteiger partial charge on any atom is -0.362 e. The lowest BCUT2D eigenvalue weighted by Gasteiger charge is -2.11. The van der Waals surface area contributed by atoms with Crippen molar-refractivity contribution in [3.8, 4) is 0 Å². The number of rotatable bonds is 6. The first-order valence-corrected chi connectivity index (χ1v) is 9.20. The molecular formula is C16H15Cl2FN2S2. The Hall–Kier alpha value is -1.01. The van der Waals surface area contributed by atoms with Crippen LogP contribution in [0.2, 0.25) is 10.0 Å². The molecule has 0 unspecified atom stereocenters. The fourth-order valence-corrected chi connectivity index (χ4v) is 3.62. The van der Waals surface area contributed by atoms with Gasteiger partial charge in [-0.25, -0.2) is 4.39 Å². The van der Waals surface area contributed by atoms with Crippen molar-refractivity contribution in [3.05, 3.63) is 63.9 Å². The summed E-state index contributed by atoms with van der Waals surface area (Å²) in [6.07, 6.45) is 0. The van der Waals surface area contributed by atoms with Gasteiger partial charge in [-0.3, -0.25) is 0 Å². The third-order valence-corrected chi connectivity index (χ3v) is 4.90. The molecule has 0 aromatic heterocycles. The maximum Gasteiger partial charge on any atom is 0.170 e. The quantitative estimate of drug-likeness (QED) is 0.514. The van der Waals surface area contributed by atoms with Gasteiger partial charge in [-0.2, -0.15) is 11.8 Å². The van der Waals surface area contributed by atoms with Crippen LogP contribution in [0.1, 0.15) is 5.56 Å². The molecule has 7 heteroatoms. The maximum atomic E-state index is 13.5. The van der Waals surface area contributed by atoms with Crippen molar-refractivity contribution in [3.63, 3.8) is 0 Å². The van der Waals surface area contributed by atoms with Crippen LogP contribution in [0.25, 0.3) is 0 Å². The summed E-state index contributed by atoms with van der Waals surface area (Å²) in [5.74, 6) is 1.22. The number of benzene rings is 2. The molecule has 2 N–H and O–H groups in total. The Morgan fingerprint density at radius 2 is 1.78 bits per heavy atom. The van der Waals surface area contributed by atoms with E-state index in [0.29, 0.717) is 27.4 Å². The average molecular weight is 389 g/mol. The number of nitrogens with one attached hydrogen (secondary N) is 2. The highest BCUT2D eigenvalue weighted by Crippen LogP contribution is 2.27. The van der Waals surface area contributed by atoms with Gasteiger partial charge in [0.25, 0.3) is 0 Å². The Morgan fingerprint density at radius 3 is 2.48 bits per heavy atom. The lowest BCUT2D eigenvalue weighted by atomic mass is 10.2. The molecule has 0 heterocycles. The summed E-state index contributed by atoms with van der Waals surface area (Å²) in [5.41, 5.74) is 1.30. The second-order valence-electron chi connectivity index (χ2n) is 4.61. The van der Waals surface area contributed by atoms with E-state index in [1.165, 1.54) is 6.07 Å². The molecule has 2 aromatic rings. The first-order chi connectivity index (χ1) is 11.1. The van der Waals surface area contributed by atoms with E-state index >= 15 is 0 Å². The zero-order chi connectivity index (χ0) is 16.7. The fraction of sp³-hybridized carbons (Fsp3) is 0.188. The molecule has 0 atom stereocenters. The summed E-state index contributed by atoms with van der Waals surface area (Å²) in [7, 11) is 0. The molecule has 0 aliphatic rings. The minimum absolute atomic E-state index is 0.334. The highest BCUT2D eigenvalue weighted by Gasteiger charge is 2.05. The van der Waals surface area contributed by atoms with E-state index in [-0.39, 0.29) is 5.82 Å². The summed E-state index contributed by atoms with van der Waals surface area (Å²) in [6, 6.07) is 11.9. The molecule has 0 saturated heterocycles. The van der Waals surface area contributed by atoms with Gasteiger partial charge in [0, 0.05) is 28.1 Å². The van der Waals surface area contributed by atoms with Gasteiger partial charge >= 0.3 is 0 Å². The molecule has 0 fully saturated rings. The molecule has 23 heavy (non-hydrogen) atoms. The van der Waals surface area contributed by atoms with Crippen LogP contribution >= 0.6 is 47.2 Å². The highest BCUT2D eigenvalue weighted by atomic mass is 35.5. The maximum absolute atomic E-state index is 13.5. The molecule has 0 saturated carbocycles. The number of hydrogen-bond acceptors (Lipinski definition) is 2. The molecule has 2 aromatic carbocycles. The molecule has 0 amide bonds. The number of hydrogen-bond donors (Lipinski definition) is 2. The summed E-state index contributed by atoms with van der Waals surface area (Å²) in [4.78, 5) is 0. The van der Waals surface area contributed by atoms with Crippen molar-refractivity contribution in [2.45, 2.75) is 5.75 Å². The van der Waals surface area contributed by atoms with Crippen LogP contribution in [0.4, 0.5) is 10.1 Å². The van der Waals surface area contributed by atoms with E-state index in [9.17, 15) is 4.39 Å². The van der Waals surface area contributed by atoms with Crippen LogP contribution in [-0.2, 0) is 5.75 Å². The van der Waals surface area contributed by atoms with Crippen molar-refractivity contribution in [2.24, 2.45) is 0 Å². The van der Waals surface area contributed by atoms with Gasteiger partial charge in [0.2, 0.25) is 0 Å². The normalized spacial score (nSPS) is 10.4. The van der Waals surface area contributed by atoms with Crippen LogP contribution in [0.15, 0.2) is 42.5 Å². The van der Waals surface area contributed by atoms with Crippen molar-refractivity contribution >= 4 is 58.0 Å². The van der Waals surface area contributed by atoms with E-state index < -0.39 is 0 Å². The molecule has 0 radical (unpaired) electrons. The van der Waals surface area contributed by atoms with E-state index in [4.69, 9.17) is 35.4 Å². The smallest absolute Gasteiger partial charge is 0.170 e. The Balaban J connectivity index is 1.69. The van der Waals surface area contributed by atoms with Crippen LogP contribution in [-0.4, -0.2) is 17.4 Å². The molecular weight excluding hydrogens is 374 g/mol. The van der Waals surface area contributed by atoms with Gasteiger partial charge in [0.1, 0.15) is 5.82 Å². The van der Waals surface area contributed by atoms with Crippen molar-refractivity contribution < 1.29 is 4.39 Å². The minimum atomic E-state index is -0.334. The Morgan fingerprint density at radius 1 is 1.09 bits per heavy atom. The van der Waals surface area contributed by atoms with Crippen LogP contribution in [0.3, 0.4) is 0 Å². The average Bonchev–Trinajstić information content (AvgIpc) is 2.52. The van der Waals surface area contributed by atoms with Crippen LogP contribution < -0.4 is 10.6 Å². The zero-order valence-corrected chi connectivity index (χ0v) is 15.3. The van der Waals surface area contributed by atoms with E-state index in [2.05, 4.69) is 10.6 Å². The predicted octanol–water partition coefficient (Wildman–Crippen LogP) is 5.35. The molecule has 0 aliphatic carbocycles. The van der Waals surface area contributed by atoms with Crippen molar-refractivity contribution in [1.29, 1.82) is 0 Å². The lowest BCUT2D eigenvalue weighted by molar-refractivity contribution is 0.632. The third-order valence-electron chi connectivity index (χ3n) is 2.96. The van der Waals surface area contributed by atoms with Gasteiger partial charge in [-0.15, -0.1) is 0 Å². The van der Waals surface area contributed by atoms with Crippen molar-refractivity contribution in [2.75, 3.05) is 17.6 Å². The third kappa shape index (κ3) is 5.84. The van der Waals surface area contributed by atoms with Gasteiger partial charge < -0.3 is 10.6 Å². The van der Waals surface area contributed by atoms with Gasteiger partial charge in [0.05, 0.1) is 5.69 Å². The number of thioether (sulfide) groups is 1. The number of anilines is 1. The molecule has 0 spiro atoms. The van der Waals surface area contributed by atoms with E-state index in [1.807, 2.05) is 18.2 Å². The summed E-state index contributed by atoms with van der Waals surface area (Å²) in [6.45, 7) is 0.660. The summed E-state index contributed by atoms with van der Waals surface area (Å²) < 4.78 is 13.5. The molecule has 122 valence electrons. The van der Waals surface area contributed by atoms with Gasteiger partial charge in [0.15, 0.2) is 5.11 Å². The standard InChI is InChI=1S/C16H15Cl2FN2S2/c17-12-4-3-5-13(18)11(12)10-23-9-8-20-16(22)21-15-7-2-1-6-14(15)19/h1-7H,8-10H2,(H2,20,21,22). The Bertz CT molecular complexity index is 663. The van der Waals surface area contributed by atoms with Gasteiger partial charge in [-0.1, -0.05) is 41.4 Å². The molecule has 0 bridgehead atoms. The second-order valence-corrected chi connectivity index (χ2v) is 6.94.